The standard InChI is InChI=1S/C23H19ClFNO4S/c24-19-12-17(23(28)26-9-4-10-26)13-21(22(19)27)31(29,30)14-18-11-16(7-8-20(18)25)15-5-2-1-3-6-15/h1-3,5-8,11-13,27H,4,9-10,14H2. The van der Waals surface area contributed by atoms with Gasteiger partial charge in [0.1, 0.15) is 10.7 Å². The van der Waals surface area contributed by atoms with Crippen molar-refractivity contribution in [1.82, 2.24) is 4.90 Å². The summed E-state index contributed by atoms with van der Waals surface area (Å²) < 4.78 is 40.6. The number of carbonyl (C=O) groups excluding carboxylic acids is 1. The molecule has 3 aromatic rings. The molecule has 0 aliphatic carbocycles. The van der Waals surface area contributed by atoms with Gasteiger partial charge in [-0.05, 0) is 41.8 Å². The Bertz CT molecular complexity index is 1260. The van der Waals surface area contributed by atoms with Crippen molar-refractivity contribution in [2.24, 2.45) is 0 Å². The van der Waals surface area contributed by atoms with Gasteiger partial charge >= 0.3 is 0 Å². The predicted molar refractivity (Wildman–Crippen MR) is 116 cm³/mol. The monoisotopic (exact) mass is 459 g/mol. The van der Waals surface area contributed by atoms with E-state index in [1.165, 1.54) is 18.2 Å². The smallest absolute Gasteiger partial charge is 0.253 e. The van der Waals surface area contributed by atoms with Crippen LogP contribution in [-0.4, -0.2) is 37.4 Å². The topological polar surface area (TPSA) is 74.7 Å². The fourth-order valence-electron chi connectivity index (χ4n) is 3.41. The number of aromatic hydroxyl groups is 1. The molecule has 5 nitrogen and oxygen atoms in total. The van der Waals surface area contributed by atoms with E-state index in [2.05, 4.69) is 0 Å². The van der Waals surface area contributed by atoms with Crippen LogP contribution in [-0.2, 0) is 15.6 Å². The minimum absolute atomic E-state index is 0.0450. The van der Waals surface area contributed by atoms with Crippen LogP contribution in [0.4, 0.5) is 4.39 Å². The average Bonchev–Trinajstić information content (AvgIpc) is 2.70. The first kappa shape index (κ1) is 21.3. The van der Waals surface area contributed by atoms with Crippen molar-refractivity contribution < 1.29 is 22.7 Å². The second kappa shape index (κ2) is 8.32. The summed E-state index contributed by atoms with van der Waals surface area (Å²) in [6, 6.07) is 15.8. The Labute approximate surface area is 184 Å². The average molecular weight is 460 g/mol. The lowest BCUT2D eigenvalue weighted by molar-refractivity contribution is 0.0651. The molecule has 0 atom stereocenters. The highest BCUT2D eigenvalue weighted by atomic mass is 35.5. The van der Waals surface area contributed by atoms with Gasteiger partial charge in [0.05, 0.1) is 10.8 Å². The first-order chi connectivity index (χ1) is 14.8. The highest BCUT2D eigenvalue weighted by Gasteiger charge is 2.28. The van der Waals surface area contributed by atoms with Crippen LogP contribution in [0, 0.1) is 5.82 Å². The molecule has 1 fully saturated rings. The molecule has 0 saturated carbocycles. The van der Waals surface area contributed by atoms with E-state index in [1.54, 1.807) is 11.0 Å². The van der Waals surface area contributed by atoms with Crippen molar-refractivity contribution in [3.05, 3.63) is 82.6 Å². The van der Waals surface area contributed by atoms with Gasteiger partial charge in [0.25, 0.3) is 5.91 Å². The zero-order chi connectivity index (χ0) is 22.2. The summed E-state index contributed by atoms with van der Waals surface area (Å²) >= 11 is 6.02. The van der Waals surface area contributed by atoms with Gasteiger partial charge < -0.3 is 10.0 Å². The van der Waals surface area contributed by atoms with E-state index >= 15 is 0 Å². The van der Waals surface area contributed by atoms with E-state index in [0.717, 1.165) is 18.1 Å². The van der Waals surface area contributed by atoms with Gasteiger partial charge in [0.2, 0.25) is 0 Å². The van der Waals surface area contributed by atoms with Gasteiger partial charge in [0, 0.05) is 24.2 Å². The number of benzene rings is 3. The SMILES string of the molecule is O=C(c1cc(Cl)c(O)c(S(=O)(=O)Cc2cc(-c3ccccc3)ccc2F)c1)N1CCC1. The summed E-state index contributed by atoms with van der Waals surface area (Å²) in [5, 5.41) is 10.1. The zero-order valence-electron chi connectivity index (χ0n) is 16.4. The van der Waals surface area contributed by atoms with E-state index in [4.69, 9.17) is 11.6 Å². The number of likely N-dealkylation sites (tertiary alicyclic amines) is 1. The summed E-state index contributed by atoms with van der Waals surface area (Å²) in [5.41, 5.74) is 1.50. The summed E-state index contributed by atoms with van der Waals surface area (Å²) in [6.45, 7) is 1.16. The van der Waals surface area contributed by atoms with E-state index in [-0.39, 0.29) is 22.1 Å². The molecule has 1 amide bonds. The largest absolute Gasteiger partial charge is 0.505 e. The fraction of sp³-hybridized carbons (Fsp3) is 0.174. The minimum atomic E-state index is -4.20. The summed E-state index contributed by atoms with van der Waals surface area (Å²) in [7, 11) is -4.20. The molecule has 0 spiro atoms. The molecule has 31 heavy (non-hydrogen) atoms. The number of carbonyl (C=O) groups is 1. The molecule has 1 aliphatic rings. The van der Waals surface area contributed by atoms with E-state index in [0.29, 0.717) is 18.7 Å². The van der Waals surface area contributed by atoms with Crippen LogP contribution >= 0.6 is 11.6 Å². The molecule has 0 aromatic heterocycles. The maximum absolute atomic E-state index is 14.5. The van der Waals surface area contributed by atoms with Crippen molar-refractivity contribution in [2.75, 3.05) is 13.1 Å². The van der Waals surface area contributed by atoms with Crippen molar-refractivity contribution in [1.29, 1.82) is 0 Å². The van der Waals surface area contributed by atoms with Crippen molar-refractivity contribution >= 4 is 27.3 Å². The molecular weight excluding hydrogens is 441 g/mol. The lowest BCUT2D eigenvalue weighted by Gasteiger charge is -2.31. The molecule has 1 N–H and O–H groups in total. The maximum atomic E-state index is 14.5. The molecule has 0 radical (unpaired) electrons. The minimum Gasteiger partial charge on any atom is -0.505 e. The van der Waals surface area contributed by atoms with Crippen molar-refractivity contribution in [3.8, 4) is 16.9 Å². The molecule has 3 aromatic carbocycles. The molecule has 8 heteroatoms. The van der Waals surface area contributed by atoms with Gasteiger partial charge in [-0.3, -0.25) is 4.79 Å². The number of nitrogens with zero attached hydrogens (tertiary/aromatic N) is 1. The Morgan fingerprint density at radius 3 is 2.39 bits per heavy atom. The summed E-state index contributed by atoms with van der Waals surface area (Å²) in [4.78, 5) is 13.6. The first-order valence-corrected chi connectivity index (χ1v) is 11.7. The molecule has 160 valence electrons. The molecule has 4 rings (SSSR count). The van der Waals surface area contributed by atoms with Gasteiger partial charge in [0.15, 0.2) is 15.6 Å². The van der Waals surface area contributed by atoms with Gasteiger partial charge in [-0.2, -0.15) is 0 Å². The highest BCUT2D eigenvalue weighted by molar-refractivity contribution is 7.90. The third kappa shape index (κ3) is 4.29. The molecule has 1 aliphatic heterocycles. The first-order valence-electron chi connectivity index (χ1n) is 9.64. The molecule has 0 bridgehead atoms. The Kier molecular flexibility index (Phi) is 5.73. The van der Waals surface area contributed by atoms with E-state index < -0.39 is 32.1 Å². The Balaban J connectivity index is 1.71. The fourth-order valence-corrected chi connectivity index (χ4v) is 5.19. The van der Waals surface area contributed by atoms with Crippen LogP contribution in [0.25, 0.3) is 11.1 Å². The number of sulfone groups is 1. The second-order valence-corrected chi connectivity index (χ2v) is 9.75. The van der Waals surface area contributed by atoms with Crippen LogP contribution in [0.2, 0.25) is 5.02 Å². The Morgan fingerprint density at radius 2 is 1.74 bits per heavy atom. The second-order valence-electron chi connectivity index (χ2n) is 7.38. The lowest BCUT2D eigenvalue weighted by Crippen LogP contribution is -2.42. The number of rotatable bonds is 5. The Hall–Kier alpha value is -2.90. The van der Waals surface area contributed by atoms with E-state index in [1.807, 2.05) is 30.3 Å². The maximum Gasteiger partial charge on any atom is 0.253 e. The van der Waals surface area contributed by atoms with Gasteiger partial charge in [-0.25, -0.2) is 12.8 Å². The number of phenols is 1. The van der Waals surface area contributed by atoms with Crippen LogP contribution < -0.4 is 0 Å². The number of hydrogen-bond acceptors (Lipinski definition) is 4. The third-order valence-corrected chi connectivity index (χ3v) is 7.21. The number of amides is 1. The highest BCUT2D eigenvalue weighted by Crippen LogP contribution is 2.35. The summed E-state index contributed by atoms with van der Waals surface area (Å²) in [5.74, 6) is -2.38. The van der Waals surface area contributed by atoms with Crippen LogP contribution in [0.15, 0.2) is 65.6 Å². The normalized spacial score (nSPS) is 13.7. The number of halogens is 2. The quantitative estimate of drug-likeness (QED) is 0.601. The van der Waals surface area contributed by atoms with Crippen molar-refractivity contribution in [2.45, 2.75) is 17.1 Å². The van der Waals surface area contributed by atoms with Gasteiger partial charge in [-0.15, -0.1) is 0 Å². The lowest BCUT2D eigenvalue weighted by atomic mass is 10.0. The van der Waals surface area contributed by atoms with Crippen LogP contribution in [0.1, 0.15) is 22.3 Å². The molecule has 0 unspecified atom stereocenters. The van der Waals surface area contributed by atoms with Crippen LogP contribution in [0.3, 0.4) is 0 Å². The molecule has 1 saturated heterocycles. The van der Waals surface area contributed by atoms with Crippen LogP contribution in [0.5, 0.6) is 5.75 Å². The third-order valence-electron chi connectivity index (χ3n) is 5.25. The number of phenolic OH excluding ortho intramolecular Hbond substituents is 1. The predicted octanol–water partition coefficient (Wildman–Crippen LogP) is 4.67. The van der Waals surface area contributed by atoms with Crippen molar-refractivity contribution in [3.63, 3.8) is 0 Å². The molecular formula is C23H19ClFNO4S. The van der Waals surface area contributed by atoms with Gasteiger partial charge in [-0.1, -0.05) is 48.0 Å². The Morgan fingerprint density at radius 1 is 1.03 bits per heavy atom. The molecule has 1 heterocycles. The summed E-state index contributed by atoms with van der Waals surface area (Å²) in [6.07, 6.45) is 0.875. The zero-order valence-corrected chi connectivity index (χ0v) is 18.0. The number of hydrogen-bond donors (Lipinski definition) is 1. The van der Waals surface area contributed by atoms with E-state index in [9.17, 15) is 22.7 Å².